The minimum Gasteiger partial charge on any atom is -0.289 e. The molecule has 12 nitrogen and oxygen atoms in total. The number of azo groups is 2. The Kier molecular flexibility index (Phi) is 12.2. The summed E-state index contributed by atoms with van der Waals surface area (Å²) < 4.78 is 0. The summed E-state index contributed by atoms with van der Waals surface area (Å²) in [5, 5.41) is 41.3. The number of allylic oxidation sites excluding steroid dienone is 10. The van der Waals surface area contributed by atoms with Gasteiger partial charge in [-0.3, -0.25) is 29.8 Å². The summed E-state index contributed by atoms with van der Waals surface area (Å²) >= 11 is 1.37. The molecule has 0 fully saturated rings. The summed E-state index contributed by atoms with van der Waals surface area (Å²) in [5.74, 6) is -0.0821. The third kappa shape index (κ3) is 10.1. The SMILES string of the molecule is CC(C)(C)C1=CC(=C(N=Nc2ccc([N+](=O)[O-])cc2)c2ccc(C(N=Nc3ccc([N+](=O)[O-])cc3)=C3C=C(C(C)(C)C)C(=O)C(C(C)(C)C)=C3)s2)C=C(C(C)(C)C)C1=O. The molecule has 2 aliphatic rings. The second kappa shape index (κ2) is 16.3. The highest BCUT2D eigenvalue weighted by Gasteiger charge is 2.36. The minimum atomic E-state index is -0.503. The van der Waals surface area contributed by atoms with Gasteiger partial charge >= 0.3 is 0 Å². The van der Waals surface area contributed by atoms with Crippen molar-refractivity contribution in [2.24, 2.45) is 42.1 Å². The smallest absolute Gasteiger partial charge is 0.269 e. The topological polar surface area (TPSA) is 170 Å². The van der Waals surface area contributed by atoms with E-state index in [0.29, 0.717) is 66.0 Å². The summed E-state index contributed by atoms with van der Waals surface area (Å²) in [5.41, 5.74) is 3.33. The van der Waals surface area contributed by atoms with Crippen molar-refractivity contribution in [3.8, 4) is 0 Å². The van der Waals surface area contributed by atoms with Crippen molar-refractivity contribution in [3.63, 3.8) is 0 Å². The highest BCUT2D eigenvalue weighted by molar-refractivity contribution is 7.14. The van der Waals surface area contributed by atoms with Crippen LogP contribution in [-0.2, 0) is 9.59 Å². The third-order valence-corrected chi connectivity index (χ3v) is 10.8. The van der Waals surface area contributed by atoms with Crippen molar-refractivity contribution in [1.82, 2.24) is 0 Å². The zero-order chi connectivity index (χ0) is 43.8. The monoisotopic (exact) mass is 814 g/mol. The van der Waals surface area contributed by atoms with Crippen LogP contribution >= 0.6 is 11.3 Å². The predicted molar refractivity (Wildman–Crippen MR) is 234 cm³/mol. The summed E-state index contributed by atoms with van der Waals surface area (Å²) in [7, 11) is 0. The van der Waals surface area contributed by atoms with Crippen molar-refractivity contribution in [2.75, 3.05) is 0 Å². The molecule has 0 saturated carbocycles. The van der Waals surface area contributed by atoms with Crippen molar-refractivity contribution in [3.05, 3.63) is 148 Å². The molecule has 306 valence electrons. The highest BCUT2D eigenvalue weighted by atomic mass is 32.1. The van der Waals surface area contributed by atoms with Gasteiger partial charge < -0.3 is 0 Å². The van der Waals surface area contributed by atoms with Gasteiger partial charge in [-0.05, 0) is 82.4 Å². The van der Waals surface area contributed by atoms with Gasteiger partial charge in [-0.1, -0.05) is 83.1 Å². The van der Waals surface area contributed by atoms with E-state index in [-0.39, 0.29) is 22.9 Å². The lowest BCUT2D eigenvalue weighted by molar-refractivity contribution is -0.385. The Balaban J connectivity index is 1.81. The fraction of sp³-hybridized carbons (Fsp3) is 0.348. The Labute approximate surface area is 349 Å². The van der Waals surface area contributed by atoms with E-state index in [2.05, 4.69) is 10.2 Å². The maximum atomic E-state index is 14.0. The van der Waals surface area contributed by atoms with Gasteiger partial charge in [-0.25, -0.2) is 0 Å². The van der Waals surface area contributed by atoms with Crippen LogP contribution in [0.5, 0.6) is 0 Å². The van der Waals surface area contributed by atoms with E-state index in [9.17, 15) is 29.8 Å². The van der Waals surface area contributed by atoms with Crippen LogP contribution in [0.3, 0.4) is 0 Å². The molecule has 0 bridgehead atoms. The van der Waals surface area contributed by atoms with Crippen LogP contribution in [0.25, 0.3) is 11.4 Å². The Morgan fingerprint density at radius 1 is 0.475 bits per heavy atom. The number of nitrogens with zero attached hydrogens (tertiary/aromatic N) is 6. The molecule has 0 N–H and O–H groups in total. The number of hydrogen-bond acceptors (Lipinski definition) is 11. The Morgan fingerprint density at radius 2 is 0.746 bits per heavy atom. The molecular weight excluding hydrogens is 765 g/mol. The molecule has 3 aromatic rings. The standard InChI is InChI=1S/C46H50N6O6S/c1-43(2,3)33-23-27(24-34(41(33)53)44(4,5)6)39(49-47-29-13-17-31(18-14-29)51(55)56)37-21-22-38(59-37)40(50-48-30-15-19-32(20-16-30)52(57)58)28-25-35(45(7,8)9)42(54)36(26-28)46(10,11)12/h13-26H,1-12H3. The molecule has 0 spiro atoms. The molecule has 2 aliphatic carbocycles. The second-order valence-corrected chi connectivity index (χ2v) is 19.7. The molecule has 0 amide bonds. The highest BCUT2D eigenvalue weighted by Crippen LogP contribution is 2.45. The number of rotatable bonds is 8. The Morgan fingerprint density at radius 3 is 0.983 bits per heavy atom. The summed E-state index contributed by atoms with van der Waals surface area (Å²) in [6.07, 6.45) is 7.44. The van der Waals surface area contributed by atoms with Crippen molar-refractivity contribution in [1.29, 1.82) is 0 Å². The van der Waals surface area contributed by atoms with E-state index in [0.717, 1.165) is 0 Å². The lowest BCUT2D eigenvalue weighted by atomic mass is 9.71. The van der Waals surface area contributed by atoms with Gasteiger partial charge in [0.05, 0.1) is 31.0 Å². The van der Waals surface area contributed by atoms with Gasteiger partial charge in [0, 0.05) is 57.7 Å². The van der Waals surface area contributed by atoms with Crippen molar-refractivity contribution in [2.45, 2.75) is 83.1 Å². The van der Waals surface area contributed by atoms with Gasteiger partial charge in [0.2, 0.25) is 0 Å². The number of nitro benzene ring substituents is 2. The zero-order valence-corrected chi connectivity index (χ0v) is 36.4. The Hall–Kier alpha value is -6.08. The molecular formula is C46H50N6O6S. The summed E-state index contributed by atoms with van der Waals surface area (Å²) in [6, 6.07) is 15.3. The van der Waals surface area contributed by atoms with Crippen molar-refractivity contribution >= 4 is 57.0 Å². The molecule has 59 heavy (non-hydrogen) atoms. The van der Waals surface area contributed by atoms with Crippen LogP contribution in [0.1, 0.15) is 92.8 Å². The van der Waals surface area contributed by atoms with E-state index in [4.69, 9.17) is 10.2 Å². The minimum absolute atomic E-state index is 0.0410. The van der Waals surface area contributed by atoms with Crippen LogP contribution in [-0.4, -0.2) is 21.4 Å². The average molecular weight is 815 g/mol. The predicted octanol–water partition coefficient (Wildman–Crippen LogP) is 13.6. The van der Waals surface area contributed by atoms with Gasteiger partial charge in [-0.2, -0.15) is 10.2 Å². The van der Waals surface area contributed by atoms with Gasteiger partial charge in [0.15, 0.2) is 11.6 Å². The fourth-order valence-corrected chi connectivity index (χ4v) is 7.37. The zero-order valence-electron chi connectivity index (χ0n) is 35.6. The lowest BCUT2D eigenvalue weighted by Gasteiger charge is -2.31. The maximum absolute atomic E-state index is 14.0. The van der Waals surface area contributed by atoms with Gasteiger partial charge in [0.25, 0.3) is 11.4 Å². The first-order valence-electron chi connectivity index (χ1n) is 19.2. The normalized spacial score (nSPS) is 15.7. The summed E-state index contributed by atoms with van der Waals surface area (Å²) in [6.45, 7) is 23.9. The van der Waals surface area contributed by atoms with Gasteiger partial charge in [-0.15, -0.1) is 21.6 Å². The van der Waals surface area contributed by atoms with Crippen LogP contribution < -0.4 is 0 Å². The number of thiophene rings is 1. The van der Waals surface area contributed by atoms with E-state index >= 15 is 0 Å². The largest absolute Gasteiger partial charge is 0.289 e. The Bertz CT molecular complexity index is 2240. The molecule has 1 heterocycles. The van der Waals surface area contributed by atoms with Crippen LogP contribution in [0.2, 0.25) is 0 Å². The molecule has 0 saturated heterocycles. The van der Waals surface area contributed by atoms with Crippen LogP contribution in [0, 0.1) is 41.9 Å². The van der Waals surface area contributed by atoms with E-state index in [1.54, 1.807) is 0 Å². The number of carbonyl (C=O) groups is 2. The molecule has 0 atom stereocenters. The first-order chi connectivity index (χ1) is 27.3. The van der Waals surface area contributed by atoms with Crippen LogP contribution in [0.4, 0.5) is 22.7 Å². The van der Waals surface area contributed by atoms with Crippen molar-refractivity contribution < 1.29 is 19.4 Å². The number of hydrogen-bond donors (Lipinski definition) is 0. The van der Waals surface area contributed by atoms with E-state index < -0.39 is 31.5 Å². The number of benzene rings is 2. The van der Waals surface area contributed by atoms with Gasteiger partial charge in [0.1, 0.15) is 11.4 Å². The molecule has 2 aromatic carbocycles. The number of non-ortho nitro benzene ring substituents is 2. The quantitative estimate of drug-likeness (QED) is 0.124. The average Bonchev–Trinajstić information content (AvgIpc) is 3.60. The first-order valence-corrected chi connectivity index (χ1v) is 20.0. The second-order valence-electron chi connectivity index (χ2n) is 18.6. The number of ketones is 2. The number of nitro groups is 2. The number of Topliss-reactive ketones (excluding diaryl/α,β-unsaturated/α-hetero) is 2. The molecule has 0 unspecified atom stereocenters. The molecule has 1 aromatic heterocycles. The molecule has 0 aliphatic heterocycles. The third-order valence-electron chi connectivity index (χ3n) is 9.68. The fourth-order valence-electron chi connectivity index (χ4n) is 6.35. The lowest BCUT2D eigenvalue weighted by Crippen LogP contribution is -2.28. The molecule has 5 rings (SSSR count). The molecule has 0 radical (unpaired) electrons. The van der Waals surface area contributed by atoms with E-state index in [1.165, 1.54) is 59.9 Å². The maximum Gasteiger partial charge on any atom is 0.269 e. The van der Waals surface area contributed by atoms with Crippen LogP contribution in [0.15, 0.2) is 139 Å². The number of carbonyl (C=O) groups excluding carboxylic acids is 2. The summed E-state index contributed by atoms with van der Waals surface area (Å²) in [4.78, 5) is 51.0. The van der Waals surface area contributed by atoms with E-state index in [1.807, 2.05) is 120 Å². The molecule has 13 heteroatoms. The first kappa shape index (κ1) is 44.0.